The minimum Gasteiger partial charge on any atom is -0.329 e. The molecule has 12 heteroatoms. The fraction of sp³-hybridized carbons (Fsp3) is 0.579. The van der Waals surface area contributed by atoms with E-state index in [4.69, 9.17) is 0 Å². The minimum atomic E-state index is -4.57. The summed E-state index contributed by atoms with van der Waals surface area (Å²) >= 11 is 2.49. The summed E-state index contributed by atoms with van der Waals surface area (Å²) in [5.74, 6) is -1.02. The summed E-state index contributed by atoms with van der Waals surface area (Å²) in [6.45, 7) is 0.994. The van der Waals surface area contributed by atoms with Crippen molar-refractivity contribution in [3.8, 4) is 0 Å². The predicted molar refractivity (Wildman–Crippen MR) is 114 cm³/mol. The fourth-order valence-corrected chi connectivity index (χ4v) is 5.53. The van der Waals surface area contributed by atoms with E-state index >= 15 is 0 Å². The normalized spacial score (nSPS) is 13.4. The molecule has 7 nitrogen and oxygen atoms in total. The molecule has 0 atom stereocenters. The molecule has 0 saturated carbocycles. The van der Waals surface area contributed by atoms with Crippen molar-refractivity contribution in [2.24, 2.45) is 0 Å². The zero-order valence-electron chi connectivity index (χ0n) is 16.9. The smallest absolute Gasteiger partial charge is 0.329 e. The number of hydrogen-bond acceptors (Lipinski definition) is 6. The van der Waals surface area contributed by atoms with Crippen LogP contribution in [0.3, 0.4) is 0 Å². The molecule has 0 unspecified atom stereocenters. The number of carbonyl (C=O) groups is 2. The van der Waals surface area contributed by atoms with Crippen molar-refractivity contribution < 1.29 is 22.8 Å². The number of thiophene rings is 1. The lowest BCUT2D eigenvalue weighted by Gasteiger charge is -2.12. The SMILES string of the molecule is CCCCCn1c(SCC(=O)NC(=O)NCC(F)(F)F)nc2sc3c(c2c1=O)CCC3. The quantitative estimate of drug-likeness (QED) is 0.345. The molecule has 0 bridgehead atoms. The summed E-state index contributed by atoms with van der Waals surface area (Å²) in [5, 5.41) is 4.47. The first-order valence-corrected chi connectivity index (χ1v) is 11.8. The molecule has 2 N–H and O–H groups in total. The Balaban J connectivity index is 1.74. The number of nitrogens with zero attached hydrogens (tertiary/aromatic N) is 2. The second kappa shape index (κ2) is 10.0. The zero-order valence-corrected chi connectivity index (χ0v) is 18.6. The number of urea groups is 1. The van der Waals surface area contributed by atoms with E-state index in [1.54, 1.807) is 9.88 Å². The lowest BCUT2D eigenvalue weighted by Crippen LogP contribution is -2.44. The molecule has 0 fully saturated rings. The maximum atomic E-state index is 13.2. The lowest BCUT2D eigenvalue weighted by atomic mass is 10.2. The van der Waals surface area contributed by atoms with Gasteiger partial charge < -0.3 is 5.32 Å². The number of fused-ring (bicyclic) bond motifs is 3. The average Bonchev–Trinajstić information content (AvgIpc) is 3.27. The van der Waals surface area contributed by atoms with Gasteiger partial charge in [-0.05, 0) is 31.2 Å². The number of nitrogens with one attached hydrogen (secondary N) is 2. The van der Waals surface area contributed by atoms with Crippen LogP contribution in [0.2, 0.25) is 0 Å². The molecule has 1 aliphatic rings. The number of aromatic nitrogens is 2. The van der Waals surface area contributed by atoms with Crippen LogP contribution in [0.15, 0.2) is 9.95 Å². The van der Waals surface area contributed by atoms with E-state index in [-0.39, 0.29) is 11.3 Å². The number of thioether (sulfide) groups is 1. The Hall–Kier alpha value is -2.08. The average molecular weight is 477 g/mol. The maximum Gasteiger partial charge on any atom is 0.405 e. The van der Waals surface area contributed by atoms with Crippen LogP contribution in [0.5, 0.6) is 0 Å². The molecule has 0 aromatic carbocycles. The van der Waals surface area contributed by atoms with E-state index < -0.39 is 24.7 Å². The lowest BCUT2D eigenvalue weighted by molar-refractivity contribution is -0.124. The molecule has 0 saturated heterocycles. The van der Waals surface area contributed by atoms with Crippen molar-refractivity contribution in [3.63, 3.8) is 0 Å². The molecule has 0 spiro atoms. The molecule has 3 rings (SSSR count). The van der Waals surface area contributed by atoms with Gasteiger partial charge in [0, 0.05) is 11.4 Å². The number of amides is 3. The molecule has 0 radical (unpaired) electrons. The van der Waals surface area contributed by atoms with Crippen molar-refractivity contribution in [1.82, 2.24) is 20.2 Å². The highest BCUT2D eigenvalue weighted by Gasteiger charge is 2.28. The van der Waals surface area contributed by atoms with Crippen LogP contribution >= 0.6 is 23.1 Å². The first-order valence-electron chi connectivity index (χ1n) is 10.0. The molecule has 1 aliphatic carbocycles. The highest BCUT2D eigenvalue weighted by Crippen LogP contribution is 2.35. The molecule has 2 aromatic rings. The minimum absolute atomic E-state index is 0.119. The number of carbonyl (C=O) groups excluding carboxylic acids is 2. The van der Waals surface area contributed by atoms with Gasteiger partial charge in [0.1, 0.15) is 11.4 Å². The Kier molecular flexibility index (Phi) is 7.63. The molecule has 0 aliphatic heterocycles. The van der Waals surface area contributed by atoms with Gasteiger partial charge in [0.25, 0.3) is 5.56 Å². The fourth-order valence-electron chi connectivity index (χ4n) is 3.40. The van der Waals surface area contributed by atoms with Crippen LogP contribution in [0.4, 0.5) is 18.0 Å². The molecule has 3 amide bonds. The summed E-state index contributed by atoms with van der Waals surface area (Å²) in [4.78, 5) is 43.1. The molecule has 170 valence electrons. The highest BCUT2D eigenvalue weighted by molar-refractivity contribution is 7.99. The van der Waals surface area contributed by atoms with Crippen LogP contribution in [0.25, 0.3) is 10.2 Å². The third kappa shape index (κ3) is 6.00. The van der Waals surface area contributed by atoms with Crippen LogP contribution in [0.1, 0.15) is 43.0 Å². The Bertz CT molecular complexity index is 1030. The van der Waals surface area contributed by atoms with Gasteiger partial charge >= 0.3 is 12.2 Å². The van der Waals surface area contributed by atoms with E-state index in [0.717, 1.165) is 55.9 Å². The van der Waals surface area contributed by atoms with Crippen molar-refractivity contribution in [3.05, 3.63) is 20.8 Å². The van der Waals surface area contributed by atoms with Crippen LogP contribution in [-0.4, -0.2) is 40.0 Å². The second-order valence-corrected chi connectivity index (χ2v) is 9.26. The number of imide groups is 1. The topological polar surface area (TPSA) is 93.1 Å². The van der Waals surface area contributed by atoms with Crippen LogP contribution in [0, 0.1) is 0 Å². The molecule has 31 heavy (non-hydrogen) atoms. The maximum absolute atomic E-state index is 13.2. The van der Waals surface area contributed by atoms with Gasteiger partial charge in [-0.3, -0.25) is 19.5 Å². The molecule has 2 heterocycles. The van der Waals surface area contributed by atoms with E-state index in [0.29, 0.717) is 21.9 Å². The number of unbranched alkanes of at least 4 members (excludes halogenated alkanes) is 2. The van der Waals surface area contributed by atoms with Crippen LogP contribution < -0.4 is 16.2 Å². The van der Waals surface area contributed by atoms with Gasteiger partial charge in [-0.25, -0.2) is 9.78 Å². The van der Waals surface area contributed by atoms with E-state index in [1.807, 2.05) is 5.32 Å². The monoisotopic (exact) mass is 476 g/mol. The van der Waals surface area contributed by atoms with Crippen molar-refractivity contribution in [2.45, 2.75) is 63.3 Å². The van der Waals surface area contributed by atoms with E-state index in [9.17, 15) is 27.6 Å². The van der Waals surface area contributed by atoms with E-state index in [2.05, 4.69) is 11.9 Å². The van der Waals surface area contributed by atoms with E-state index in [1.165, 1.54) is 16.2 Å². The van der Waals surface area contributed by atoms with Gasteiger partial charge in [-0.1, -0.05) is 31.5 Å². The summed E-state index contributed by atoms with van der Waals surface area (Å²) < 4.78 is 38.0. The first-order chi connectivity index (χ1) is 14.7. The van der Waals surface area contributed by atoms with Crippen molar-refractivity contribution >= 4 is 45.3 Å². The second-order valence-electron chi connectivity index (χ2n) is 7.23. The largest absolute Gasteiger partial charge is 0.405 e. The van der Waals surface area contributed by atoms with Crippen molar-refractivity contribution in [2.75, 3.05) is 12.3 Å². The summed E-state index contributed by atoms with van der Waals surface area (Å²) in [6, 6.07) is -1.22. The summed E-state index contributed by atoms with van der Waals surface area (Å²) in [6.07, 6.45) is 0.970. The number of aryl methyl sites for hydroxylation is 2. The highest BCUT2D eigenvalue weighted by atomic mass is 32.2. The first kappa shape index (κ1) is 23.6. The van der Waals surface area contributed by atoms with Crippen molar-refractivity contribution in [1.29, 1.82) is 0 Å². The molecular weight excluding hydrogens is 453 g/mol. The Labute approximate surface area is 184 Å². The number of alkyl halides is 3. The Morgan fingerprint density at radius 1 is 1.26 bits per heavy atom. The van der Waals surface area contributed by atoms with Gasteiger partial charge in [-0.15, -0.1) is 11.3 Å². The Morgan fingerprint density at radius 2 is 2.03 bits per heavy atom. The third-order valence-corrected chi connectivity index (χ3v) is 6.97. The van der Waals surface area contributed by atoms with Gasteiger partial charge in [0.05, 0.1) is 11.1 Å². The summed E-state index contributed by atoms with van der Waals surface area (Å²) in [7, 11) is 0. The number of hydrogen-bond donors (Lipinski definition) is 2. The number of rotatable bonds is 8. The van der Waals surface area contributed by atoms with Gasteiger partial charge in [0.2, 0.25) is 5.91 Å². The third-order valence-electron chi connectivity index (χ3n) is 4.81. The standard InChI is InChI=1S/C19H23F3N4O3S2/c1-2-3-4-8-26-16(28)14-11-6-5-7-12(11)31-15(14)25-18(26)30-9-13(27)24-17(29)23-10-19(20,21)22/h2-10H2,1H3,(H2,23,24,27,29). The predicted octanol–water partition coefficient (Wildman–Crippen LogP) is 3.62. The van der Waals surface area contributed by atoms with Gasteiger partial charge in [0.15, 0.2) is 5.16 Å². The number of halogens is 3. The zero-order chi connectivity index (χ0) is 22.6. The summed E-state index contributed by atoms with van der Waals surface area (Å²) in [5.41, 5.74) is 0.962. The Morgan fingerprint density at radius 3 is 2.74 bits per heavy atom. The van der Waals surface area contributed by atoms with Crippen LogP contribution in [-0.2, 0) is 24.2 Å². The van der Waals surface area contributed by atoms with Gasteiger partial charge in [-0.2, -0.15) is 13.2 Å². The molecule has 2 aromatic heterocycles. The molecular formula is C19H23F3N4O3S2.